The first-order chi connectivity index (χ1) is 17.4. The van der Waals surface area contributed by atoms with Crippen LogP contribution in [0.25, 0.3) is 38.8 Å². The molecule has 0 unspecified atom stereocenters. The summed E-state index contributed by atoms with van der Waals surface area (Å²) in [5.41, 5.74) is 16.6. The molecule has 0 amide bonds. The van der Waals surface area contributed by atoms with E-state index < -0.39 is 5.82 Å². The van der Waals surface area contributed by atoms with Crippen LogP contribution in [0.3, 0.4) is 0 Å². The number of nitrogen functional groups attached to an aromatic ring is 1. The lowest BCUT2D eigenvalue weighted by molar-refractivity contribution is 0.639. The number of amidine groups is 1. The molecule has 0 atom stereocenters. The highest BCUT2D eigenvalue weighted by Gasteiger charge is 2.21. The molecule has 36 heavy (non-hydrogen) atoms. The summed E-state index contributed by atoms with van der Waals surface area (Å²) in [6.45, 7) is 2.04. The van der Waals surface area contributed by atoms with E-state index >= 15 is 4.39 Å². The minimum atomic E-state index is -0.440. The van der Waals surface area contributed by atoms with Crippen molar-refractivity contribution in [2.24, 2.45) is 10.7 Å². The van der Waals surface area contributed by atoms with E-state index in [-0.39, 0.29) is 5.84 Å². The topological polar surface area (TPSA) is 132 Å². The number of imidazole rings is 1. The van der Waals surface area contributed by atoms with Gasteiger partial charge >= 0.3 is 0 Å². The van der Waals surface area contributed by atoms with Gasteiger partial charge in [0.1, 0.15) is 35.2 Å². The molecule has 0 saturated heterocycles. The summed E-state index contributed by atoms with van der Waals surface area (Å²) >= 11 is 6.38. The number of aliphatic imine (C=N–C) groups is 1. The van der Waals surface area contributed by atoms with Crippen molar-refractivity contribution in [3.63, 3.8) is 0 Å². The summed E-state index contributed by atoms with van der Waals surface area (Å²) in [4.78, 5) is 17.3. The molecule has 0 aliphatic rings. The first-order valence-electron chi connectivity index (χ1n) is 11.3. The number of nitrogens with one attached hydrogen (secondary N) is 1. The molecule has 2 aromatic carbocycles. The van der Waals surface area contributed by atoms with E-state index in [1.54, 1.807) is 24.5 Å². The first-order valence-corrected chi connectivity index (χ1v) is 11.6. The summed E-state index contributed by atoms with van der Waals surface area (Å²) in [6, 6.07) is 12.0. The summed E-state index contributed by atoms with van der Waals surface area (Å²) in [5, 5.41) is 8.06. The minimum absolute atomic E-state index is 0.139. The van der Waals surface area contributed by atoms with E-state index in [1.807, 2.05) is 29.7 Å². The van der Waals surface area contributed by atoms with Crippen molar-refractivity contribution in [3.05, 3.63) is 77.1 Å². The molecule has 5 aromatic rings. The largest absolute Gasteiger partial charge is 0.384 e. The number of pyridine rings is 2. The van der Waals surface area contributed by atoms with Crippen LogP contribution in [0.2, 0.25) is 5.02 Å². The van der Waals surface area contributed by atoms with Crippen LogP contribution in [0.4, 0.5) is 10.2 Å². The highest BCUT2D eigenvalue weighted by Crippen LogP contribution is 2.35. The Morgan fingerprint density at radius 1 is 1.11 bits per heavy atom. The zero-order chi connectivity index (χ0) is 25.4. The number of benzene rings is 2. The van der Waals surface area contributed by atoms with E-state index in [4.69, 9.17) is 33.5 Å². The number of nitrogens with two attached hydrogens (primary N) is 2. The number of fused-ring (bicyclic) bond motifs is 2. The van der Waals surface area contributed by atoms with Crippen LogP contribution >= 0.6 is 11.6 Å². The lowest BCUT2D eigenvalue weighted by Crippen LogP contribution is -2.14. The molecule has 8 nitrogen and oxygen atoms in total. The van der Waals surface area contributed by atoms with Crippen molar-refractivity contribution < 1.29 is 4.39 Å². The molecule has 180 valence electrons. The molecule has 10 heteroatoms. The number of nitrogens with zero attached hydrogens (tertiary/aromatic N) is 5. The number of hydrogen-bond acceptors (Lipinski definition) is 5. The quantitative estimate of drug-likeness (QED) is 0.216. The van der Waals surface area contributed by atoms with Crippen molar-refractivity contribution in [2.75, 3.05) is 5.73 Å². The van der Waals surface area contributed by atoms with E-state index in [0.29, 0.717) is 50.4 Å². The van der Waals surface area contributed by atoms with Gasteiger partial charge in [0.15, 0.2) is 0 Å². The van der Waals surface area contributed by atoms with Crippen LogP contribution in [0, 0.1) is 11.2 Å². The molecule has 0 spiro atoms. The van der Waals surface area contributed by atoms with Gasteiger partial charge in [-0.1, -0.05) is 18.5 Å². The van der Waals surface area contributed by atoms with Crippen LogP contribution < -0.4 is 11.5 Å². The fraction of sp³-hybridized carbons (Fsp3) is 0.115. The van der Waals surface area contributed by atoms with Gasteiger partial charge in [0.2, 0.25) is 0 Å². The third-order valence-electron chi connectivity index (χ3n) is 5.91. The number of halogens is 2. The molecule has 0 aliphatic carbocycles. The van der Waals surface area contributed by atoms with Crippen LogP contribution in [-0.4, -0.2) is 31.7 Å². The maximum atomic E-state index is 15.2. The van der Waals surface area contributed by atoms with Gasteiger partial charge in [0, 0.05) is 24.4 Å². The number of hydrogen-bond donors (Lipinski definition) is 3. The van der Waals surface area contributed by atoms with Crippen molar-refractivity contribution >= 4 is 51.5 Å². The van der Waals surface area contributed by atoms with E-state index in [0.717, 1.165) is 29.7 Å². The predicted octanol–water partition coefficient (Wildman–Crippen LogP) is 5.28. The number of rotatable bonds is 6. The normalized spacial score (nSPS) is 11.9. The Bertz CT molecular complexity index is 1670. The number of aryl methyl sites for hydroxylation is 1. The van der Waals surface area contributed by atoms with Crippen LogP contribution in [0.1, 0.15) is 24.7 Å². The number of aromatic nitrogens is 4. The molecule has 0 bridgehead atoms. The standard InChI is InChI=1S/C26H22ClFN8/c1-2-3-22-35-24-16(26(31)34-13-29)10-15(14-6-8-32-21(30)12-14)11-20(24)36(22)19-7-9-33-25-17(27)4-5-18(28)23(19)25/h4-13H,2-3H2,1H3,(H2,30,32)(H3,29,31,34). The fourth-order valence-electron chi connectivity index (χ4n) is 4.38. The molecule has 3 aromatic heterocycles. The smallest absolute Gasteiger partial charge is 0.134 e. The Morgan fingerprint density at radius 2 is 1.92 bits per heavy atom. The average Bonchev–Trinajstić information content (AvgIpc) is 3.23. The third kappa shape index (κ3) is 3.93. The maximum absolute atomic E-state index is 15.2. The summed E-state index contributed by atoms with van der Waals surface area (Å²) in [5.74, 6) is 0.785. The highest BCUT2D eigenvalue weighted by molar-refractivity contribution is 6.35. The van der Waals surface area contributed by atoms with E-state index in [1.165, 1.54) is 12.1 Å². The summed E-state index contributed by atoms with van der Waals surface area (Å²) in [7, 11) is 0. The van der Waals surface area contributed by atoms with Crippen molar-refractivity contribution in [3.8, 4) is 16.8 Å². The Morgan fingerprint density at radius 3 is 2.67 bits per heavy atom. The lowest BCUT2D eigenvalue weighted by atomic mass is 10.0. The highest BCUT2D eigenvalue weighted by atomic mass is 35.5. The third-order valence-corrected chi connectivity index (χ3v) is 6.21. The SMILES string of the molecule is CCCc1nc2c(C(N)=NC=N)cc(-c3ccnc(N)c3)cc2n1-c1ccnc2c(Cl)ccc(F)c12. The number of anilines is 1. The lowest BCUT2D eigenvalue weighted by Gasteiger charge is -2.14. The van der Waals surface area contributed by atoms with Crippen LogP contribution in [0.5, 0.6) is 0 Å². The van der Waals surface area contributed by atoms with Crippen molar-refractivity contribution in [1.82, 2.24) is 19.5 Å². The molecular formula is C26H22ClFN8. The second-order valence-electron chi connectivity index (χ2n) is 8.20. The van der Waals surface area contributed by atoms with E-state index in [2.05, 4.69) is 15.0 Å². The van der Waals surface area contributed by atoms with Gasteiger partial charge in [-0.25, -0.2) is 19.4 Å². The van der Waals surface area contributed by atoms with Crippen molar-refractivity contribution in [1.29, 1.82) is 5.41 Å². The molecule has 5 N–H and O–H groups in total. The molecule has 3 heterocycles. The van der Waals surface area contributed by atoms with E-state index in [9.17, 15) is 0 Å². The Kier molecular flexibility index (Phi) is 6.07. The zero-order valence-electron chi connectivity index (χ0n) is 19.3. The average molecular weight is 501 g/mol. The van der Waals surface area contributed by atoms with Crippen molar-refractivity contribution in [2.45, 2.75) is 19.8 Å². The minimum Gasteiger partial charge on any atom is -0.384 e. The molecule has 0 saturated carbocycles. The van der Waals surface area contributed by atoms with Gasteiger partial charge in [0.05, 0.1) is 27.1 Å². The Hall–Kier alpha value is -4.37. The van der Waals surface area contributed by atoms with Crippen LogP contribution in [-0.2, 0) is 6.42 Å². The fourth-order valence-corrected chi connectivity index (χ4v) is 4.58. The second-order valence-corrected chi connectivity index (χ2v) is 8.61. The van der Waals surface area contributed by atoms with Gasteiger partial charge in [-0.2, -0.15) is 0 Å². The van der Waals surface area contributed by atoms with Crippen LogP contribution in [0.15, 0.2) is 59.9 Å². The Labute approximate surface area is 211 Å². The molecule has 0 radical (unpaired) electrons. The van der Waals surface area contributed by atoms with Gasteiger partial charge in [0.25, 0.3) is 0 Å². The maximum Gasteiger partial charge on any atom is 0.134 e. The monoisotopic (exact) mass is 500 g/mol. The summed E-state index contributed by atoms with van der Waals surface area (Å²) < 4.78 is 17.1. The molecule has 0 aliphatic heterocycles. The van der Waals surface area contributed by atoms with Gasteiger partial charge in [-0.15, -0.1) is 0 Å². The summed E-state index contributed by atoms with van der Waals surface area (Å²) in [6.07, 6.45) is 5.54. The van der Waals surface area contributed by atoms with Gasteiger partial charge < -0.3 is 11.5 Å². The molecular weight excluding hydrogens is 479 g/mol. The molecule has 5 rings (SSSR count). The van der Waals surface area contributed by atoms with Gasteiger partial charge in [-0.05, 0) is 60.0 Å². The predicted molar refractivity (Wildman–Crippen MR) is 142 cm³/mol. The Balaban J connectivity index is 1.94. The second kappa shape index (κ2) is 9.35. The molecule has 0 fully saturated rings. The van der Waals surface area contributed by atoms with Gasteiger partial charge in [-0.3, -0.25) is 15.0 Å². The first kappa shape index (κ1) is 23.4. The zero-order valence-corrected chi connectivity index (χ0v) is 20.1.